The first-order chi connectivity index (χ1) is 19.4. The fourth-order valence-corrected chi connectivity index (χ4v) is 6.24. The van der Waals surface area contributed by atoms with Gasteiger partial charge in [0.1, 0.15) is 9.84 Å². The van der Waals surface area contributed by atoms with Crippen molar-refractivity contribution in [3.8, 4) is 11.3 Å². The molecule has 1 unspecified atom stereocenters. The number of carbonyl (C=O) groups excluding carboxylic acids is 1. The zero-order valence-electron chi connectivity index (χ0n) is 21.4. The number of anilines is 1. The van der Waals surface area contributed by atoms with Crippen molar-refractivity contribution in [2.45, 2.75) is 19.8 Å². The molecule has 0 amide bonds. The molecule has 0 bridgehead atoms. The molecule has 41 heavy (non-hydrogen) atoms. The van der Waals surface area contributed by atoms with E-state index in [0.29, 0.717) is 38.6 Å². The maximum atomic E-state index is 15.6. The fraction of sp³-hybridized carbons (Fsp3) is 0.222. The van der Waals surface area contributed by atoms with Gasteiger partial charge in [-0.2, -0.15) is 0 Å². The molecule has 8 nitrogen and oxygen atoms in total. The second-order valence-electron chi connectivity index (χ2n) is 9.00. The highest BCUT2D eigenvalue weighted by Gasteiger charge is 2.28. The van der Waals surface area contributed by atoms with Crippen molar-refractivity contribution < 1.29 is 35.1 Å². The van der Waals surface area contributed by atoms with Gasteiger partial charge in [-0.3, -0.25) is 18.3 Å². The molecule has 1 atom stereocenters. The van der Waals surface area contributed by atoms with Crippen LogP contribution < -0.4 is 4.31 Å². The second kappa shape index (κ2) is 12.6. The summed E-state index contributed by atoms with van der Waals surface area (Å²) in [7, 11) is -3.49. The van der Waals surface area contributed by atoms with Gasteiger partial charge >= 0.3 is 0 Å². The second-order valence-corrected chi connectivity index (χ2v) is 12.6. The van der Waals surface area contributed by atoms with Crippen LogP contribution in [-0.4, -0.2) is 51.0 Å². The molecular weight excluding hydrogens is 603 g/mol. The molecule has 1 aromatic heterocycles. The molecule has 0 saturated heterocycles. The molecule has 0 aliphatic heterocycles. The topological polar surface area (TPSA) is 120 Å². The maximum absolute atomic E-state index is 15.6. The Labute approximate surface area is 241 Å². The van der Waals surface area contributed by atoms with Crippen molar-refractivity contribution in [2.24, 2.45) is 0 Å². The first-order valence-corrected chi connectivity index (χ1v) is 15.5. The van der Waals surface area contributed by atoms with Gasteiger partial charge < -0.3 is 4.55 Å². The van der Waals surface area contributed by atoms with Crippen LogP contribution in [-0.2, 0) is 21.1 Å². The first kappa shape index (κ1) is 30.6. The van der Waals surface area contributed by atoms with Crippen LogP contribution in [0.3, 0.4) is 0 Å². The summed E-state index contributed by atoms with van der Waals surface area (Å²) < 4.78 is 93.1. The van der Waals surface area contributed by atoms with Crippen molar-refractivity contribution in [3.63, 3.8) is 0 Å². The Morgan fingerprint density at radius 2 is 1.73 bits per heavy atom. The third-order valence-corrected chi connectivity index (χ3v) is 9.02. The molecule has 216 valence electrons. The van der Waals surface area contributed by atoms with E-state index in [9.17, 15) is 30.8 Å². The normalized spacial score (nSPS) is 12.4. The van der Waals surface area contributed by atoms with Crippen LogP contribution >= 0.6 is 11.6 Å². The quantitative estimate of drug-likeness (QED) is 0.124. The minimum Gasteiger partial charge on any atom is -0.755 e. The lowest BCUT2D eigenvalue weighted by molar-refractivity contribution is 0.103. The number of nitrogens with zero attached hydrogens (tertiary/aromatic N) is 3. The minimum absolute atomic E-state index is 0.122. The lowest BCUT2D eigenvalue weighted by Crippen LogP contribution is -2.30. The summed E-state index contributed by atoms with van der Waals surface area (Å²) in [5.74, 6) is -6.87. The summed E-state index contributed by atoms with van der Waals surface area (Å²) in [6.45, 7) is 1.11. The summed E-state index contributed by atoms with van der Waals surface area (Å²) in [6, 6.07) is 10.9. The van der Waals surface area contributed by atoms with Crippen LogP contribution in [0.25, 0.3) is 22.3 Å². The number of sulfone groups is 1. The van der Waals surface area contributed by atoms with Crippen LogP contribution in [0.1, 0.15) is 35.7 Å². The molecule has 3 aromatic carbocycles. The molecule has 14 heteroatoms. The van der Waals surface area contributed by atoms with E-state index in [0.717, 1.165) is 0 Å². The third kappa shape index (κ3) is 6.92. The summed E-state index contributed by atoms with van der Waals surface area (Å²) in [4.78, 5) is 22.0. The number of carbonyl (C=O) groups is 1. The molecule has 0 fully saturated rings. The highest BCUT2D eigenvalue weighted by atomic mass is 35.5. The largest absolute Gasteiger partial charge is 0.755 e. The lowest BCUT2D eigenvalue weighted by Gasteiger charge is -2.27. The van der Waals surface area contributed by atoms with E-state index in [2.05, 4.69) is 9.97 Å². The smallest absolute Gasteiger partial charge is 0.199 e. The predicted octanol–water partition coefficient (Wildman–Crippen LogP) is 5.41. The average molecular weight is 625 g/mol. The van der Waals surface area contributed by atoms with E-state index < -0.39 is 67.9 Å². The van der Waals surface area contributed by atoms with Crippen LogP contribution in [0.4, 0.5) is 18.9 Å². The molecule has 0 spiro atoms. The van der Waals surface area contributed by atoms with Crippen molar-refractivity contribution in [2.75, 3.05) is 22.4 Å². The van der Waals surface area contributed by atoms with E-state index >= 15 is 4.39 Å². The summed E-state index contributed by atoms with van der Waals surface area (Å²) in [6.07, 6.45) is 1.61. The summed E-state index contributed by atoms with van der Waals surface area (Å²) in [5.41, 5.74) is -0.828. The summed E-state index contributed by atoms with van der Waals surface area (Å²) in [5, 5.41) is 0.509. The van der Waals surface area contributed by atoms with Gasteiger partial charge in [-0.25, -0.2) is 26.6 Å². The van der Waals surface area contributed by atoms with E-state index in [-0.39, 0.29) is 23.3 Å². The predicted molar refractivity (Wildman–Crippen MR) is 150 cm³/mol. The van der Waals surface area contributed by atoms with Gasteiger partial charge in [0.05, 0.1) is 39.9 Å². The zero-order valence-corrected chi connectivity index (χ0v) is 23.8. The molecular formula is C27H22ClF3N3O5S2-. The van der Waals surface area contributed by atoms with Gasteiger partial charge in [-0.05, 0) is 43.2 Å². The first-order valence-electron chi connectivity index (χ1n) is 12.2. The highest BCUT2D eigenvalue weighted by Crippen LogP contribution is 2.31. The van der Waals surface area contributed by atoms with E-state index in [1.165, 1.54) is 24.4 Å². The number of benzene rings is 3. The van der Waals surface area contributed by atoms with E-state index in [1.807, 2.05) is 0 Å². The standard InChI is InChI=1S/C27H23ClF3N3O5S2/c1-2-11-41(38,39)12-3-10-34(40(36)37)23-14-19(29)25(30)24(26(23)31)27(35)17-6-9-20-21(13-17)33-22(15-32-20)16-4-7-18(28)8-5-16/h4-9,13-15H,2-3,10-12H2,1H3,(H,36,37)/p-1. The Hall–Kier alpha value is -3.39. The van der Waals surface area contributed by atoms with Gasteiger partial charge in [0.15, 0.2) is 23.2 Å². The van der Waals surface area contributed by atoms with Crippen molar-refractivity contribution in [1.29, 1.82) is 0 Å². The van der Waals surface area contributed by atoms with E-state index in [1.54, 1.807) is 31.2 Å². The van der Waals surface area contributed by atoms with Crippen LogP contribution in [0.15, 0.2) is 54.7 Å². The fourth-order valence-electron chi connectivity index (χ4n) is 4.14. The molecule has 0 saturated carbocycles. The average Bonchev–Trinajstić information content (AvgIpc) is 2.93. The molecule has 0 aliphatic rings. The molecule has 4 rings (SSSR count). The Bertz CT molecular complexity index is 1760. The van der Waals surface area contributed by atoms with Crippen LogP contribution in [0, 0.1) is 17.5 Å². The van der Waals surface area contributed by atoms with Gasteiger partial charge in [0.25, 0.3) is 0 Å². The maximum Gasteiger partial charge on any atom is 0.199 e. The third-order valence-electron chi connectivity index (χ3n) is 6.09. The Kier molecular flexibility index (Phi) is 9.42. The highest BCUT2D eigenvalue weighted by molar-refractivity contribution is 7.91. The van der Waals surface area contributed by atoms with Gasteiger partial charge in [0, 0.05) is 45.8 Å². The van der Waals surface area contributed by atoms with E-state index in [4.69, 9.17) is 11.6 Å². The number of fused-ring (bicyclic) bond motifs is 1. The Morgan fingerprint density at radius 3 is 2.39 bits per heavy atom. The molecule has 0 aliphatic carbocycles. The van der Waals surface area contributed by atoms with Crippen LogP contribution in [0.2, 0.25) is 5.02 Å². The molecule has 0 radical (unpaired) electrons. The van der Waals surface area contributed by atoms with Crippen molar-refractivity contribution in [1.82, 2.24) is 9.97 Å². The summed E-state index contributed by atoms with van der Waals surface area (Å²) >= 11 is 2.73. The number of aromatic nitrogens is 2. The Balaban J connectivity index is 1.71. The Morgan fingerprint density at radius 1 is 1.02 bits per heavy atom. The zero-order chi connectivity index (χ0) is 29.9. The lowest BCUT2D eigenvalue weighted by atomic mass is 10.0. The number of hydrogen-bond donors (Lipinski definition) is 0. The molecule has 0 N–H and O–H groups in total. The molecule has 4 aromatic rings. The van der Waals surface area contributed by atoms with Crippen molar-refractivity contribution >= 4 is 55.2 Å². The number of halogens is 4. The van der Waals surface area contributed by atoms with Crippen LogP contribution in [0.5, 0.6) is 0 Å². The van der Waals surface area contributed by atoms with Gasteiger partial charge in [-0.15, -0.1) is 0 Å². The number of rotatable bonds is 11. The molecule has 1 heterocycles. The number of ketones is 1. The van der Waals surface area contributed by atoms with Gasteiger partial charge in [0.2, 0.25) is 0 Å². The minimum atomic E-state index is -3.49. The monoisotopic (exact) mass is 624 g/mol. The number of hydrogen-bond acceptors (Lipinski definition) is 7. The van der Waals surface area contributed by atoms with Gasteiger partial charge in [-0.1, -0.05) is 30.7 Å². The SMILES string of the molecule is CCCS(=O)(=O)CCCN(c1cc(F)c(F)c(C(=O)c2ccc3ncc(-c4ccc(Cl)cc4)nc3c2)c1F)S(=O)[O-]. The van der Waals surface area contributed by atoms with Crippen molar-refractivity contribution in [3.05, 3.63) is 88.3 Å².